The molecule has 0 unspecified atom stereocenters. The molecule has 1 aromatic heterocycles. The lowest BCUT2D eigenvalue weighted by molar-refractivity contribution is 0.106. The summed E-state index contributed by atoms with van der Waals surface area (Å²) in [5.41, 5.74) is 0.154. The van der Waals surface area contributed by atoms with Crippen molar-refractivity contribution in [2.75, 3.05) is 5.75 Å². The fourth-order valence-corrected chi connectivity index (χ4v) is 1.92. The van der Waals surface area contributed by atoms with Crippen LogP contribution in [0.1, 0.15) is 13.8 Å². The van der Waals surface area contributed by atoms with Crippen molar-refractivity contribution in [2.24, 2.45) is 0 Å². The van der Waals surface area contributed by atoms with Gasteiger partial charge in [0.25, 0.3) is 5.22 Å². The Labute approximate surface area is 104 Å². The molecule has 4 nitrogen and oxygen atoms in total. The largest absolute Gasteiger partial charge is 0.411 e. The van der Waals surface area contributed by atoms with Gasteiger partial charge in [-0.3, -0.25) is 0 Å². The molecule has 2 rings (SSSR count). The second kappa shape index (κ2) is 4.89. The monoisotopic (exact) mass is 250 g/mol. The Morgan fingerprint density at radius 1 is 1.24 bits per heavy atom. The van der Waals surface area contributed by atoms with Crippen LogP contribution in [0.4, 0.5) is 0 Å². The Kier molecular flexibility index (Phi) is 3.49. The molecule has 2 aromatic rings. The summed E-state index contributed by atoms with van der Waals surface area (Å²) in [6.45, 7) is 3.49. The van der Waals surface area contributed by atoms with Gasteiger partial charge in [0.2, 0.25) is 5.89 Å². The molecule has 0 spiro atoms. The molecule has 0 saturated carbocycles. The molecule has 0 bridgehead atoms. The number of rotatable bonds is 4. The normalized spacial score (nSPS) is 11.7. The predicted octanol–water partition coefficient (Wildman–Crippen LogP) is 2.60. The van der Waals surface area contributed by atoms with E-state index in [-0.39, 0.29) is 0 Å². The van der Waals surface area contributed by atoms with E-state index in [1.54, 1.807) is 13.8 Å². The van der Waals surface area contributed by atoms with Gasteiger partial charge in [-0.2, -0.15) is 0 Å². The van der Waals surface area contributed by atoms with Gasteiger partial charge in [-0.05, 0) is 26.0 Å². The average molecular weight is 250 g/mol. The van der Waals surface area contributed by atoms with Crippen molar-refractivity contribution in [3.63, 3.8) is 0 Å². The highest BCUT2D eigenvalue weighted by Crippen LogP contribution is 2.25. The van der Waals surface area contributed by atoms with Crippen molar-refractivity contribution in [2.45, 2.75) is 24.7 Å². The molecular weight excluding hydrogens is 236 g/mol. The van der Waals surface area contributed by atoms with Crippen LogP contribution in [-0.4, -0.2) is 26.7 Å². The van der Waals surface area contributed by atoms with E-state index in [9.17, 15) is 5.11 Å². The Morgan fingerprint density at radius 2 is 1.94 bits per heavy atom. The van der Waals surface area contributed by atoms with Gasteiger partial charge < -0.3 is 9.52 Å². The number of thioether (sulfide) groups is 1. The van der Waals surface area contributed by atoms with Crippen LogP contribution < -0.4 is 0 Å². The van der Waals surface area contributed by atoms with Crippen LogP contribution in [0.3, 0.4) is 0 Å². The third kappa shape index (κ3) is 3.57. The van der Waals surface area contributed by atoms with Crippen molar-refractivity contribution < 1.29 is 9.52 Å². The zero-order valence-electron chi connectivity index (χ0n) is 9.75. The molecule has 1 heterocycles. The van der Waals surface area contributed by atoms with Gasteiger partial charge in [0.1, 0.15) is 0 Å². The molecule has 0 fully saturated rings. The summed E-state index contributed by atoms with van der Waals surface area (Å²) in [5.74, 6) is 1.02. The first-order valence-corrected chi connectivity index (χ1v) is 6.27. The molecule has 90 valence electrons. The molecule has 0 saturated heterocycles. The zero-order valence-corrected chi connectivity index (χ0v) is 10.6. The van der Waals surface area contributed by atoms with Crippen LogP contribution in [0.25, 0.3) is 11.5 Å². The number of aliphatic hydroxyl groups is 1. The van der Waals surface area contributed by atoms with Crippen LogP contribution in [0.15, 0.2) is 40.0 Å². The Morgan fingerprint density at radius 3 is 2.59 bits per heavy atom. The molecule has 0 amide bonds. The van der Waals surface area contributed by atoms with E-state index in [1.807, 2.05) is 30.3 Å². The summed E-state index contributed by atoms with van der Waals surface area (Å²) >= 11 is 1.35. The van der Waals surface area contributed by atoms with E-state index in [0.29, 0.717) is 16.9 Å². The average Bonchev–Trinajstić information content (AvgIpc) is 2.75. The van der Waals surface area contributed by atoms with Gasteiger partial charge in [-0.15, -0.1) is 10.2 Å². The number of aromatic nitrogens is 2. The highest BCUT2D eigenvalue weighted by Gasteiger charge is 2.16. The Balaban J connectivity index is 2.07. The molecule has 0 radical (unpaired) electrons. The zero-order chi connectivity index (χ0) is 12.3. The van der Waals surface area contributed by atoms with Gasteiger partial charge in [0.15, 0.2) is 0 Å². The highest BCUT2D eigenvalue weighted by atomic mass is 32.2. The first kappa shape index (κ1) is 12.1. The van der Waals surface area contributed by atoms with E-state index in [0.717, 1.165) is 5.56 Å². The second-order valence-corrected chi connectivity index (χ2v) is 5.27. The maximum atomic E-state index is 9.59. The van der Waals surface area contributed by atoms with Gasteiger partial charge >= 0.3 is 0 Å². The third-order valence-electron chi connectivity index (χ3n) is 1.98. The number of nitrogens with zero attached hydrogens (tertiary/aromatic N) is 2. The first-order valence-electron chi connectivity index (χ1n) is 5.29. The quantitative estimate of drug-likeness (QED) is 0.845. The lowest BCUT2D eigenvalue weighted by Crippen LogP contribution is -2.21. The van der Waals surface area contributed by atoms with E-state index < -0.39 is 5.60 Å². The number of hydrogen-bond donors (Lipinski definition) is 1. The minimum absolute atomic E-state index is 0.478. The highest BCUT2D eigenvalue weighted by molar-refractivity contribution is 7.99. The fraction of sp³-hybridized carbons (Fsp3) is 0.333. The van der Waals surface area contributed by atoms with Gasteiger partial charge in [-0.1, -0.05) is 30.0 Å². The van der Waals surface area contributed by atoms with Crippen molar-refractivity contribution in [1.82, 2.24) is 10.2 Å². The van der Waals surface area contributed by atoms with E-state index in [1.165, 1.54) is 11.8 Å². The smallest absolute Gasteiger partial charge is 0.276 e. The molecule has 1 N–H and O–H groups in total. The van der Waals surface area contributed by atoms with Crippen molar-refractivity contribution >= 4 is 11.8 Å². The number of hydrogen-bond acceptors (Lipinski definition) is 5. The van der Waals surface area contributed by atoms with E-state index in [4.69, 9.17) is 4.42 Å². The summed E-state index contributed by atoms with van der Waals surface area (Å²) in [6, 6.07) is 9.60. The van der Waals surface area contributed by atoms with Crippen molar-refractivity contribution in [3.8, 4) is 11.5 Å². The van der Waals surface area contributed by atoms with Crippen LogP contribution >= 0.6 is 11.8 Å². The van der Waals surface area contributed by atoms with Crippen LogP contribution in [0, 0.1) is 0 Å². The summed E-state index contributed by atoms with van der Waals surface area (Å²) in [7, 11) is 0. The topological polar surface area (TPSA) is 59.2 Å². The second-order valence-electron chi connectivity index (χ2n) is 4.34. The Bertz CT molecular complexity index is 477. The van der Waals surface area contributed by atoms with E-state index in [2.05, 4.69) is 10.2 Å². The van der Waals surface area contributed by atoms with E-state index >= 15 is 0 Å². The van der Waals surface area contributed by atoms with Gasteiger partial charge in [0.05, 0.1) is 5.60 Å². The SMILES string of the molecule is CC(C)(O)CSc1nnc(-c2ccccc2)o1. The molecule has 5 heteroatoms. The maximum absolute atomic E-state index is 9.59. The molecule has 0 aliphatic carbocycles. The summed E-state index contributed by atoms with van der Waals surface area (Å²) in [4.78, 5) is 0. The summed E-state index contributed by atoms with van der Waals surface area (Å²) in [6.07, 6.45) is 0. The van der Waals surface area contributed by atoms with Crippen LogP contribution in [0.5, 0.6) is 0 Å². The lowest BCUT2D eigenvalue weighted by Gasteiger charge is -2.13. The minimum atomic E-state index is -0.744. The maximum Gasteiger partial charge on any atom is 0.276 e. The van der Waals surface area contributed by atoms with Gasteiger partial charge in [-0.25, -0.2) is 0 Å². The third-order valence-corrected chi connectivity index (χ3v) is 3.24. The summed E-state index contributed by atoms with van der Waals surface area (Å²) in [5, 5.41) is 18.0. The van der Waals surface area contributed by atoms with Gasteiger partial charge in [0, 0.05) is 11.3 Å². The molecule has 17 heavy (non-hydrogen) atoms. The van der Waals surface area contributed by atoms with Crippen LogP contribution in [-0.2, 0) is 0 Å². The van der Waals surface area contributed by atoms with Crippen molar-refractivity contribution in [3.05, 3.63) is 30.3 Å². The fourth-order valence-electron chi connectivity index (χ4n) is 1.20. The molecule has 0 atom stereocenters. The summed E-state index contributed by atoms with van der Waals surface area (Å²) < 4.78 is 5.49. The van der Waals surface area contributed by atoms with Crippen molar-refractivity contribution in [1.29, 1.82) is 0 Å². The minimum Gasteiger partial charge on any atom is -0.411 e. The molecular formula is C12H14N2O2S. The predicted molar refractivity (Wildman–Crippen MR) is 66.8 cm³/mol. The number of benzene rings is 1. The first-order chi connectivity index (χ1) is 8.04. The standard InChI is InChI=1S/C12H14N2O2S/c1-12(2,15)8-17-11-14-13-10(16-11)9-6-4-3-5-7-9/h3-7,15H,8H2,1-2H3. The molecule has 0 aliphatic heterocycles. The molecule has 0 aliphatic rings. The molecule has 1 aromatic carbocycles. The lowest BCUT2D eigenvalue weighted by atomic mass is 10.2. The Hall–Kier alpha value is -1.33. The van der Waals surface area contributed by atoms with Crippen LogP contribution in [0.2, 0.25) is 0 Å².